The van der Waals surface area contributed by atoms with Crippen LogP contribution in [0.15, 0.2) is 36.4 Å². The van der Waals surface area contributed by atoms with Gasteiger partial charge >= 0.3 is 0 Å². The van der Waals surface area contributed by atoms with Crippen molar-refractivity contribution in [3.8, 4) is 0 Å². The summed E-state index contributed by atoms with van der Waals surface area (Å²) >= 11 is 0. The van der Waals surface area contributed by atoms with Crippen LogP contribution in [0.5, 0.6) is 0 Å². The molecule has 2 aromatic rings. The maximum Gasteiger partial charge on any atom is -0.00803 e. The van der Waals surface area contributed by atoms with Crippen LogP contribution in [0.25, 0.3) is 10.8 Å². The Kier molecular flexibility index (Phi) is 4.75. The Hall–Kier alpha value is -0.440. The molecule has 0 spiro atoms. The summed E-state index contributed by atoms with van der Waals surface area (Å²) in [7, 11) is -0.0159. The summed E-state index contributed by atoms with van der Waals surface area (Å²) in [6.45, 7) is 10.1. The fraction of sp³-hybridized carbons (Fsp3) is 0.545. The van der Waals surface area contributed by atoms with Crippen LogP contribution in [0.3, 0.4) is 0 Å². The zero-order valence-electron chi connectivity index (χ0n) is 15.5. The van der Waals surface area contributed by atoms with Crippen molar-refractivity contribution in [2.45, 2.75) is 76.0 Å². The van der Waals surface area contributed by atoms with Gasteiger partial charge in [0.25, 0.3) is 0 Å². The molecule has 2 saturated heterocycles. The zero-order chi connectivity index (χ0) is 16.8. The average molecular weight is 356 g/mol. The summed E-state index contributed by atoms with van der Waals surface area (Å²) in [5.41, 5.74) is 3.58. The molecule has 2 fully saturated rings. The smallest absolute Gasteiger partial charge is 0.00803 e. The second kappa shape index (κ2) is 6.70. The molecule has 128 valence electrons. The van der Waals surface area contributed by atoms with Crippen LogP contribution in [-0.2, 0) is 0 Å². The van der Waals surface area contributed by atoms with E-state index in [9.17, 15) is 0 Å². The molecule has 0 N–H and O–H groups in total. The summed E-state index contributed by atoms with van der Waals surface area (Å²) in [4.78, 5) is 0. The largest absolute Gasteiger partial charge is 0.0688 e. The van der Waals surface area contributed by atoms with Crippen molar-refractivity contribution in [2.75, 3.05) is 0 Å². The highest BCUT2D eigenvalue weighted by molar-refractivity contribution is 7.74. The van der Waals surface area contributed by atoms with Crippen LogP contribution in [0.4, 0.5) is 0 Å². The van der Waals surface area contributed by atoms with Crippen LogP contribution in [-0.4, -0.2) is 22.6 Å². The molecule has 2 aliphatic heterocycles. The van der Waals surface area contributed by atoms with Gasteiger partial charge in [-0.25, -0.2) is 0 Å². The minimum Gasteiger partial charge on any atom is -0.0688 e. The van der Waals surface area contributed by atoms with Gasteiger partial charge in [-0.15, -0.1) is 0 Å². The Morgan fingerprint density at radius 1 is 0.667 bits per heavy atom. The van der Waals surface area contributed by atoms with E-state index in [4.69, 9.17) is 0 Å². The van der Waals surface area contributed by atoms with Crippen molar-refractivity contribution >= 4 is 37.2 Å². The molecule has 24 heavy (non-hydrogen) atoms. The lowest BCUT2D eigenvalue weighted by Crippen LogP contribution is -2.29. The van der Waals surface area contributed by atoms with Crippen LogP contribution < -0.4 is 10.6 Å². The minimum atomic E-state index is -0.0213. The molecule has 4 atom stereocenters. The van der Waals surface area contributed by atoms with Gasteiger partial charge in [-0.3, -0.25) is 0 Å². The molecule has 0 aliphatic carbocycles. The third-order valence-corrected chi connectivity index (χ3v) is 13.3. The van der Waals surface area contributed by atoms with Crippen molar-refractivity contribution < 1.29 is 0 Å². The van der Waals surface area contributed by atoms with Gasteiger partial charge in [0.05, 0.1) is 0 Å². The fourth-order valence-corrected chi connectivity index (χ4v) is 12.4. The molecule has 2 aromatic carbocycles. The number of fused-ring (bicyclic) bond motifs is 1. The summed E-state index contributed by atoms with van der Waals surface area (Å²) in [6.07, 6.45) is 5.72. The highest BCUT2D eigenvalue weighted by atomic mass is 31.1. The SMILES string of the molecule is C[C@@H]1CC[C@@H](C)P1c1ccc2ccccc2c1P1[C@H](C)CC[C@H]1C. The predicted molar refractivity (Wildman–Crippen MR) is 113 cm³/mol. The highest BCUT2D eigenvalue weighted by Crippen LogP contribution is 2.59. The summed E-state index contributed by atoms with van der Waals surface area (Å²) in [6, 6.07) is 14.1. The molecule has 0 saturated carbocycles. The highest BCUT2D eigenvalue weighted by Gasteiger charge is 2.38. The van der Waals surface area contributed by atoms with E-state index >= 15 is 0 Å². The number of rotatable bonds is 2. The monoisotopic (exact) mass is 356 g/mol. The van der Waals surface area contributed by atoms with Crippen molar-refractivity contribution in [3.63, 3.8) is 0 Å². The minimum absolute atomic E-state index is 0.00533. The van der Waals surface area contributed by atoms with Crippen LogP contribution in [0.2, 0.25) is 0 Å². The van der Waals surface area contributed by atoms with Crippen molar-refractivity contribution in [3.05, 3.63) is 36.4 Å². The van der Waals surface area contributed by atoms with Crippen LogP contribution in [0.1, 0.15) is 53.4 Å². The Labute approximate surface area is 149 Å². The summed E-state index contributed by atoms with van der Waals surface area (Å²) in [5.74, 6) is 0. The molecule has 2 heteroatoms. The predicted octanol–water partition coefficient (Wildman–Crippen LogP) is 6.20. The van der Waals surface area contributed by atoms with Gasteiger partial charge in [-0.05, 0) is 69.7 Å². The van der Waals surface area contributed by atoms with Gasteiger partial charge in [-0.1, -0.05) is 79.9 Å². The molecule has 0 aromatic heterocycles. The zero-order valence-corrected chi connectivity index (χ0v) is 17.3. The Balaban J connectivity index is 1.95. The number of benzene rings is 2. The van der Waals surface area contributed by atoms with E-state index < -0.39 is 0 Å². The molecule has 4 rings (SSSR count). The van der Waals surface area contributed by atoms with E-state index in [0.29, 0.717) is 0 Å². The number of hydrogen-bond acceptors (Lipinski definition) is 0. The summed E-state index contributed by atoms with van der Waals surface area (Å²) in [5, 5.41) is 6.63. The third-order valence-electron chi connectivity index (χ3n) is 6.32. The molecule has 2 aliphatic rings. The second-order valence-corrected chi connectivity index (χ2v) is 14.1. The molecule has 0 unspecified atom stereocenters. The Bertz CT molecular complexity index is 718. The van der Waals surface area contributed by atoms with E-state index in [1.54, 1.807) is 10.7 Å². The molecule has 0 nitrogen and oxygen atoms in total. The van der Waals surface area contributed by atoms with Gasteiger partial charge < -0.3 is 0 Å². The van der Waals surface area contributed by atoms with E-state index in [1.807, 2.05) is 5.30 Å². The lowest BCUT2D eigenvalue weighted by molar-refractivity contribution is 0.777. The normalized spacial score (nSPS) is 32.0. The molecule has 2 heterocycles. The molecule has 0 bridgehead atoms. The molecular formula is C22H30P2. The first-order valence-corrected chi connectivity index (χ1v) is 12.6. The van der Waals surface area contributed by atoms with Crippen molar-refractivity contribution in [2.24, 2.45) is 0 Å². The fourth-order valence-electron chi connectivity index (χ4n) is 5.03. The van der Waals surface area contributed by atoms with E-state index in [-0.39, 0.29) is 15.8 Å². The average Bonchev–Trinajstić information content (AvgIpc) is 3.08. The number of hydrogen-bond donors (Lipinski definition) is 0. The summed E-state index contributed by atoms with van der Waals surface area (Å²) < 4.78 is 0. The lowest BCUT2D eigenvalue weighted by Gasteiger charge is -2.31. The van der Waals surface area contributed by atoms with E-state index in [1.165, 1.54) is 31.1 Å². The maximum atomic E-state index is 2.54. The Morgan fingerprint density at radius 3 is 1.83 bits per heavy atom. The van der Waals surface area contributed by atoms with Crippen LogP contribution >= 0.6 is 15.8 Å². The van der Waals surface area contributed by atoms with E-state index in [2.05, 4.69) is 64.1 Å². The molecule has 0 radical (unpaired) electrons. The topological polar surface area (TPSA) is 0 Å². The van der Waals surface area contributed by atoms with Crippen molar-refractivity contribution in [1.82, 2.24) is 0 Å². The first-order chi connectivity index (χ1) is 11.6. The first-order valence-electron chi connectivity index (χ1n) is 9.66. The van der Waals surface area contributed by atoms with Gasteiger partial charge in [0.1, 0.15) is 0 Å². The maximum absolute atomic E-state index is 2.54. The Morgan fingerprint density at radius 2 is 1.21 bits per heavy atom. The van der Waals surface area contributed by atoms with Gasteiger partial charge in [0.15, 0.2) is 0 Å². The van der Waals surface area contributed by atoms with E-state index in [0.717, 1.165) is 22.6 Å². The lowest BCUT2D eigenvalue weighted by atomic mass is 10.1. The quantitative estimate of drug-likeness (QED) is 0.562. The molecular weight excluding hydrogens is 326 g/mol. The van der Waals surface area contributed by atoms with Gasteiger partial charge in [0, 0.05) is 0 Å². The van der Waals surface area contributed by atoms with Crippen LogP contribution in [0, 0.1) is 0 Å². The standard InChI is InChI=1S/C22H30P2/c1-15-9-10-16(2)23(15)21-14-13-19-7-5-6-8-20(19)22(21)24-17(3)11-12-18(24)4/h5-8,13-18H,9-12H2,1-4H3/t15-,16-,17-,18-/m1/s1. The van der Waals surface area contributed by atoms with Gasteiger partial charge in [-0.2, -0.15) is 0 Å². The molecule has 0 amide bonds. The van der Waals surface area contributed by atoms with Crippen molar-refractivity contribution in [1.29, 1.82) is 0 Å². The second-order valence-electron chi connectivity index (χ2n) is 8.02. The van der Waals surface area contributed by atoms with Gasteiger partial charge in [0.2, 0.25) is 0 Å². The third kappa shape index (κ3) is 2.75. The first kappa shape index (κ1) is 17.0.